The van der Waals surface area contributed by atoms with Gasteiger partial charge in [0, 0.05) is 11.4 Å². The van der Waals surface area contributed by atoms with Crippen LogP contribution in [0, 0.1) is 0 Å². The van der Waals surface area contributed by atoms with Crippen LogP contribution >= 0.6 is 0 Å². The Hall–Kier alpha value is -5.14. The van der Waals surface area contributed by atoms with E-state index in [2.05, 4.69) is 151 Å². The predicted octanol–water partition coefficient (Wildman–Crippen LogP) is 10.9. The fourth-order valence-electron chi connectivity index (χ4n) is 6.18. The molecule has 8 rings (SSSR count). The fraction of sp³-hybridized carbons (Fsp3) is 0. The van der Waals surface area contributed by atoms with Crippen molar-refractivity contribution in [2.75, 3.05) is 5.32 Å². The van der Waals surface area contributed by atoms with Crippen molar-refractivity contribution in [3.8, 4) is 11.1 Å². The molecule has 8 aromatic rings. The Labute approximate surface area is 227 Å². The summed E-state index contributed by atoms with van der Waals surface area (Å²) >= 11 is 0. The van der Waals surface area contributed by atoms with Crippen molar-refractivity contribution >= 4 is 65.2 Å². The lowest BCUT2D eigenvalue weighted by Gasteiger charge is -2.14. The summed E-state index contributed by atoms with van der Waals surface area (Å²) in [6, 6.07) is 52.6. The first-order chi connectivity index (χ1) is 19.3. The SMILES string of the molecule is c1ccc2c(c1)cc(-c1ccc(Nc3ccc4c5ccccc5c5ccccc5c4c3)cc1)c1ccccc12. The lowest BCUT2D eigenvalue weighted by molar-refractivity contribution is 1.57. The van der Waals surface area contributed by atoms with Crippen molar-refractivity contribution in [1.82, 2.24) is 0 Å². The van der Waals surface area contributed by atoms with Gasteiger partial charge in [-0.2, -0.15) is 0 Å². The highest BCUT2D eigenvalue weighted by Crippen LogP contribution is 2.38. The zero-order chi connectivity index (χ0) is 25.8. The molecule has 0 amide bonds. The molecule has 0 fully saturated rings. The summed E-state index contributed by atoms with van der Waals surface area (Å²) in [5, 5.41) is 16.5. The number of hydrogen-bond acceptors (Lipinski definition) is 1. The van der Waals surface area contributed by atoms with E-state index in [1.807, 2.05) is 0 Å². The molecule has 0 aliphatic heterocycles. The molecule has 0 radical (unpaired) electrons. The predicted molar refractivity (Wildman–Crippen MR) is 169 cm³/mol. The summed E-state index contributed by atoms with van der Waals surface area (Å²) in [7, 11) is 0. The molecule has 8 aromatic carbocycles. The third-order valence-electron chi connectivity index (χ3n) is 8.00. The molecule has 1 N–H and O–H groups in total. The molecule has 0 bridgehead atoms. The number of benzene rings is 8. The standard InChI is InChI=1S/C38H25N/c1-2-10-29-26(9-1)23-37(34-15-7-3-11-30(29)34)25-17-19-27(20-18-25)39-28-21-22-36-33-14-5-4-12-31(33)32-13-6-8-16-35(32)38(36)24-28/h1-24,39H. The first kappa shape index (κ1) is 21.9. The monoisotopic (exact) mass is 495 g/mol. The van der Waals surface area contributed by atoms with E-state index in [9.17, 15) is 0 Å². The van der Waals surface area contributed by atoms with Crippen LogP contribution in [0.5, 0.6) is 0 Å². The second-order valence-corrected chi connectivity index (χ2v) is 10.2. The lowest BCUT2D eigenvalue weighted by atomic mass is 9.93. The van der Waals surface area contributed by atoms with Gasteiger partial charge in [-0.05, 0) is 95.3 Å². The van der Waals surface area contributed by atoms with Crippen LogP contribution in [-0.4, -0.2) is 0 Å². The van der Waals surface area contributed by atoms with Crippen LogP contribution in [0.4, 0.5) is 11.4 Å². The molecule has 182 valence electrons. The minimum atomic E-state index is 1.08. The van der Waals surface area contributed by atoms with Gasteiger partial charge in [0.15, 0.2) is 0 Å². The summed E-state index contributed by atoms with van der Waals surface area (Å²) < 4.78 is 0. The normalized spacial score (nSPS) is 11.6. The molecule has 0 unspecified atom stereocenters. The highest BCUT2D eigenvalue weighted by atomic mass is 14.9. The van der Waals surface area contributed by atoms with E-state index >= 15 is 0 Å². The summed E-state index contributed by atoms with van der Waals surface area (Å²) in [6.07, 6.45) is 0. The molecule has 0 saturated heterocycles. The van der Waals surface area contributed by atoms with Crippen LogP contribution < -0.4 is 5.32 Å². The van der Waals surface area contributed by atoms with Gasteiger partial charge >= 0.3 is 0 Å². The van der Waals surface area contributed by atoms with Crippen LogP contribution in [0.25, 0.3) is 65.0 Å². The van der Waals surface area contributed by atoms with E-state index in [-0.39, 0.29) is 0 Å². The maximum absolute atomic E-state index is 3.65. The number of hydrogen-bond donors (Lipinski definition) is 1. The largest absolute Gasteiger partial charge is 0.356 e. The maximum Gasteiger partial charge on any atom is 0.0390 e. The highest BCUT2D eigenvalue weighted by molar-refractivity contribution is 6.25. The molecule has 1 heteroatoms. The topological polar surface area (TPSA) is 12.0 Å². The Morgan fingerprint density at radius 3 is 1.41 bits per heavy atom. The Morgan fingerprint density at radius 1 is 0.308 bits per heavy atom. The molecular formula is C38H25N. The second kappa shape index (κ2) is 8.72. The Bertz CT molecular complexity index is 2150. The van der Waals surface area contributed by atoms with Gasteiger partial charge in [0.25, 0.3) is 0 Å². The molecular weight excluding hydrogens is 470 g/mol. The quantitative estimate of drug-likeness (QED) is 0.240. The number of rotatable bonds is 3. The van der Waals surface area contributed by atoms with Crippen LogP contribution in [0.3, 0.4) is 0 Å². The lowest BCUT2D eigenvalue weighted by Crippen LogP contribution is -1.91. The molecule has 1 nitrogen and oxygen atoms in total. The number of anilines is 2. The molecule has 0 aliphatic rings. The molecule has 39 heavy (non-hydrogen) atoms. The van der Waals surface area contributed by atoms with Gasteiger partial charge in [0.05, 0.1) is 0 Å². The van der Waals surface area contributed by atoms with Crippen LogP contribution in [-0.2, 0) is 0 Å². The van der Waals surface area contributed by atoms with E-state index in [1.165, 1.54) is 65.0 Å². The minimum absolute atomic E-state index is 1.08. The first-order valence-corrected chi connectivity index (χ1v) is 13.4. The Balaban J connectivity index is 1.20. The zero-order valence-electron chi connectivity index (χ0n) is 21.4. The van der Waals surface area contributed by atoms with Gasteiger partial charge in [0.1, 0.15) is 0 Å². The van der Waals surface area contributed by atoms with E-state index in [0.29, 0.717) is 0 Å². The van der Waals surface area contributed by atoms with Crippen molar-refractivity contribution in [2.45, 2.75) is 0 Å². The van der Waals surface area contributed by atoms with Crippen molar-refractivity contribution in [3.05, 3.63) is 146 Å². The van der Waals surface area contributed by atoms with Gasteiger partial charge in [0.2, 0.25) is 0 Å². The maximum atomic E-state index is 3.65. The van der Waals surface area contributed by atoms with Crippen molar-refractivity contribution in [3.63, 3.8) is 0 Å². The molecule has 0 aromatic heterocycles. The Kier molecular flexibility index (Phi) is 4.89. The average Bonchev–Trinajstić information content (AvgIpc) is 3.01. The van der Waals surface area contributed by atoms with Gasteiger partial charge < -0.3 is 5.32 Å². The van der Waals surface area contributed by atoms with Gasteiger partial charge in [-0.1, -0.05) is 115 Å². The van der Waals surface area contributed by atoms with E-state index < -0.39 is 0 Å². The Morgan fingerprint density at radius 2 is 0.769 bits per heavy atom. The van der Waals surface area contributed by atoms with Gasteiger partial charge in [-0.3, -0.25) is 0 Å². The number of fused-ring (bicyclic) bond motifs is 9. The van der Waals surface area contributed by atoms with E-state index in [1.54, 1.807) is 0 Å². The number of nitrogens with one attached hydrogen (secondary N) is 1. The molecule has 0 aliphatic carbocycles. The third kappa shape index (κ3) is 3.55. The summed E-state index contributed by atoms with van der Waals surface area (Å²) in [5.41, 5.74) is 4.65. The van der Waals surface area contributed by atoms with E-state index in [0.717, 1.165) is 11.4 Å². The second-order valence-electron chi connectivity index (χ2n) is 10.2. The molecule has 0 saturated carbocycles. The summed E-state index contributed by atoms with van der Waals surface area (Å²) in [4.78, 5) is 0. The third-order valence-corrected chi connectivity index (χ3v) is 8.00. The fourth-order valence-corrected chi connectivity index (χ4v) is 6.18. The van der Waals surface area contributed by atoms with Crippen LogP contribution in [0.1, 0.15) is 0 Å². The molecule has 0 heterocycles. The van der Waals surface area contributed by atoms with Gasteiger partial charge in [-0.25, -0.2) is 0 Å². The smallest absolute Gasteiger partial charge is 0.0390 e. The van der Waals surface area contributed by atoms with Crippen molar-refractivity contribution < 1.29 is 0 Å². The average molecular weight is 496 g/mol. The molecule has 0 atom stereocenters. The zero-order valence-corrected chi connectivity index (χ0v) is 21.4. The van der Waals surface area contributed by atoms with Gasteiger partial charge in [-0.15, -0.1) is 0 Å². The minimum Gasteiger partial charge on any atom is -0.356 e. The van der Waals surface area contributed by atoms with Crippen LogP contribution in [0.2, 0.25) is 0 Å². The van der Waals surface area contributed by atoms with E-state index in [4.69, 9.17) is 0 Å². The highest BCUT2D eigenvalue weighted by Gasteiger charge is 2.10. The summed E-state index contributed by atoms with van der Waals surface area (Å²) in [6.45, 7) is 0. The van der Waals surface area contributed by atoms with Crippen molar-refractivity contribution in [2.24, 2.45) is 0 Å². The first-order valence-electron chi connectivity index (χ1n) is 13.4. The van der Waals surface area contributed by atoms with Crippen molar-refractivity contribution in [1.29, 1.82) is 0 Å². The molecule has 0 spiro atoms. The van der Waals surface area contributed by atoms with Crippen LogP contribution in [0.15, 0.2) is 146 Å². The summed E-state index contributed by atoms with van der Waals surface area (Å²) in [5.74, 6) is 0.